The van der Waals surface area contributed by atoms with Gasteiger partial charge in [-0.1, -0.05) is 18.6 Å². The molecule has 1 unspecified atom stereocenters. The van der Waals surface area contributed by atoms with Gasteiger partial charge < -0.3 is 15.4 Å². The molecule has 0 aliphatic carbocycles. The van der Waals surface area contributed by atoms with E-state index < -0.39 is 0 Å². The van der Waals surface area contributed by atoms with Gasteiger partial charge in [-0.25, -0.2) is 4.98 Å². The van der Waals surface area contributed by atoms with Crippen LogP contribution in [0.2, 0.25) is 0 Å². The van der Waals surface area contributed by atoms with Gasteiger partial charge in [0.15, 0.2) is 0 Å². The summed E-state index contributed by atoms with van der Waals surface area (Å²) in [6.07, 6.45) is 5.41. The molecule has 98 valence electrons. The first kappa shape index (κ1) is 13.2. The summed E-state index contributed by atoms with van der Waals surface area (Å²) < 4.78 is 5.79. The van der Waals surface area contributed by atoms with E-state index in [1.807, 2.05) is 12.1 Å². The van der Waals surface area contributed by atoms with Gasteiger partial charge >= 0.3 is 0 Å². The van der Waals surface area contributed by atoms with Crippen molar-refractivity contribution in [2.75, 3.05) is 20.2 Å². The molecular formula is C13H19N3OS. The number of nitrogens with zero attached hydrogens (tertiary/aromatic N) is 2. The van der Waals surface area contributed by atoms with E-state index in [1.165, 1.54) is 19.3 Å². The van der Waals surface area contributed by atoms with E-state index in [-0.39, 0.29) is 0 Å². The number of thiocarbonyl (C=S) groups is 1. The minimum Gasteiger partial charge on any atom is -0.475 e. The molecule has 1 aliphatic heterocycles. The van der Waals surface area contributed by atoms with Crippen molar-refractivity contribution in [1.82, 2.24) is 9.88 Å². The maximum atomic E-state index is 5.79. The Morgan fingerprint density at radius 2 is 2.44 bits per heavy atom. The minimum absolute atomic E-state index is 0.329. The molecular weight excluding hydrogens is 246 g/mol. The lowest BCUT2D eigenvalue weighted by atomic mass is 10.0. The number of pyridine rings is 1. The Morgan fingerprint density at radius 3 is 3.17 bits per heavy atom. The highest BCUT2D eigenvalue weighted by Crippen LogP contribution is 2.18. The summed E-state index contributed by atoms with van der Waals surface area (Å²) in [5, 5.41) is 0. The molecule has 1 atom stereocenters. The molecule has 0 amide bonds. The van der Waals surface area contributed by atoms with Crippen LogP contribution >= 0.6 is 12.2 Å². The van der Waals surface area contributed by atoms with E-state index in [0.717, 1.165) is 6.54 Å². The molecule has 0 radical (unpaired) electrons. The zero-order chi connectivity index (χ0) is 13.0. The predicted molar refractivity (Wildman–Crippen MR) is 75.9 cm³/mol. The molecule has 4 nitrogen and oxygen atoms in total. The average Bonchev–Trinajstić information content (AvgIpc) is 2.38. The third-order valence-electron chi connectivity index (χ3n) is 3.37. The Balaban J connectivity index is 1.99. The zero-order valence-corrected chi connectivity index (χ0v) is 11.4. The Kier molecular flexibility index (Phi) is 4.49. The molecule has 0 bridgehead atoms. The molecule has 0 saturated carbocycles. The molecule has 1 aromatic rings. The normalized spacial score (nSPS) is 20.6. The van der Waals surface area contributed by atoms with Gasteiger partial charge in [0, 0.05) is 12.2 Å². The first-order valence-corrected chi connectivity index (χ1v) is 6.67. The third-order valence-corrected chi connectivity index (χ3v) is 3.59. The highest BCUT2D eigenvalue weighted by atomic mass is 32.1. The van der Waals surface area contributed by atoms with Crippen LogP contribution in [0.4, 0.5) is 0 Å². The summed E-state index contributed by atoms with van der Waals surface area (Å²) in [6.45, 7) is 1.78. The van der Waals surface area contributed by atoms with E-state index in [1.54, 1.807) is 6.20 Å². The fourth-order valence-electron chi connectivity index (χ4n) is 2.22. The van der Waals surface area contributed by atoms with Gasteiger partial charge in [0.25, 0.3) is 0 Å². The third kappa shape index (κ3) is 3.17. The van der Waals surface area contributed by atoms with Crippen molar-refractivity contribution in [2.24, 2.45) is 5.73 Å². The van der Waals surface area contributed by atoms with Crippen LogP contribution in [-0.2, 0) is 0 Å². The van der Waals surface area contributed by atoms with Gasteiger partial charge in [0.1, 0.15) is 11.6 Å². The molecule has 0 aromatic carbocycles. The van der Waals surface area contributed by atoms with Crippen molar-refractivity contribution in [3.05, 3.63) is 23.9 Å². The first-order valence-electron chi connectivity index (χ1n) is 6.26. The van der Waals surface area contributed by atoms with Crippen LogP contribution < -0.4 is 10.5 Å². The lowest BCUT2D eigenvalue weighted by Gasteiger charge is -2.32. The molecule has 2 heterocycles. The van der Waals surface area contributed by atoms with Crippen molar-refractivity contribution < 1.29 is 4.74 Å². The van der Waals surface area contributed by atoms with Crippen LogP contribution in [0.5, 0.6) is 5.88 Å². The SMILES string of the molecule is CN1CCCCC1COc1ncccc1C(N)=S. The van der Waals surface area contributed by atoms with Gasteiger partial charge in [0.2, 0.25) is 5.88 Å². The second-order valence-corrected chi connectivity index (χ2v) is 5.10. The number of ether oxygens (including phenoxy) is 1. The minimum atomic E-state index is 0.329. The van der Waals surface area contributed by atoms with Gasteiger partial charge in [0.05, 0.1) is 5.56 Å². The van der Waals surface area contributed by atoms with Crippen LogP contribution in [-0.4, -0.2) is 41.1 Å². The smallest absolute Gasteiger partial charge is 0.223 e. The fourth-order valence-corrected chi connectivity index (χ4v) is 2.38. The summed E-state index contributed by atoms with van der Waals surface area (Å²) in [5.41, 5.74) is 6.37. The summed E-state index contributed by atoms with van der Waals surface area (Å²) in [5.74, 6) is 0.545. The number of hydrogen-bond acceptors (Lipinski definition) is 4. The van der Waals surface area contributed by atoms with Crippen molar-refractivity contribution in [3.63, 3.8) is 0 Å². The van der Waals surface area contributed by atoms with Crippen molar-refractivity contribution in [1.29, 1.82) is 0 Å². The predicted octanol–water partition coefficient (Wildman–Crippen LogP) is 1.58. The van der Waals surface area contributed by atoms with Gasteiger partial charge in [-0.05, 0) is 38.6 Å². The van der Waals surface area contributed by atoms with Crippen LogP contribution in [0.15, 0.2) is 18.3 Å². The number of aromatic nitrogens is 1. The van der Waals surface area contributed by atoms with Gasteiger partial charge in [-0.2, -0.15) is 0 Å². The lowest BCUT2D eigenvalue weighted by Crippen LogP contribution is -2.40. The summed E-state index contributed by atoms with van der Waals surface area (Å²) in [4.78, 5) is 6.87. The van der Waals surface area contributed by atoms with E-state index in [2.05, 4.69) is 16.9 Å². The van der Waals surface area contributed by atoms with E-state index in [4.69, 9.17) is 22.7 Å². The molecule has 2 N–H and O–H groups in total. The highest BCUT2D eigenvalue weighted by Gasteiger charge is 2.20. The number of piperidine rings is 1. The van der Waals surface area contributed by atoms with Crippen LogP contribution in [0.1, 0.15) is 24.8 Å². The fraction of sp³-hybridized carbons (Fsp3) is 0.538. The molecule has 1 aromatic heterocycles. The average molecular weight is 265 g/mol. The Labute approximate surface area is 113 Å². The summed E-state index contributed by atoms with van der Waals surface area (Å²) in [6, 6.07) is 4.11. The Hall–Kier alpha value is -1.20. The second-order valence-electron chi connectivity index (χ2n) is 4.66. The number of nitrogens with two attached hydrogens (primary N) is 1. The Bertz CT molecular complexity index is 424. The quantitative estimate of drug-likeness (QED) is 0.838. The van der Waals surface area contributed by atoms with E-state index >= 15 is 0 Å². The zero-order valence-electron chi connectivity index (χ0n) is 10.6. The topological polar surface area (TPSA) is 51.4 Å². The number of rotatable bonds is 4. The molecule has 2 rings (SSSR count). The van der Waals surface area contributed by atoms with E-state index in [0.29, 0.717) is 29.1 Å². The molecule has 1 saturated heterocycles. The van der Waals surface area contributed by atoms with Crippen molar-refractivity contribution >= 4 is 17.2 Å². The summed E-state index contributed by atoms with van der Waals surface area (Å²) >= 11 is 4.99. The van der Waals surface area contributed by atoms with Crippen LogP contribution in [0.25, 0.3) is 0 Å². The molecule has 5 heteroatoms. The van der Waals surface area contributed by atoms with Crippen molar-refractivity contribution in [2.45, 2.75) is 25.3 Å². The van der Waals surface area contributed by atoms with Crippen LogP contribution in [0, 0.1) is 0 Å². The number of hydrogen-bond donors (Lipinski definition) is 1. The van der Waals surface area contributed by atoms with E-state index in [9.17, 15) is 0 Å². The lowest BCUT2D eigenvalue weighted by molar-refractivity contribution is 0.122. The number of likely N-dealkylation sites (N-methyl/N-ethyl adjacent to an activating group) is 1. The maximum Gasteiger partial charge on any atom is 0.223 e. The van der Waals surface area contributed by atoms with Gasteiger partial charge in [-0.15, -0.1) is 0 Å². The molecule has 1 aliphatic rings. The second kappa shape index (κ2) is 6.11. The first-order chi connectivity index (χ1) is 8.68. The largest absolute Gasteiger partial charge is 0.475 e. The highest BCUT2D eigenvalue weighted by molar-refractivity contribution is 7.80. The standard InChI is InChI=1S/C13H19N3OS/c1-16-8-3-2-5-10(16)9-17-13-11(12(14)18)6-4-7-15-13/h4,6-7,10H,2-3,5,8-9H2,1H3,(H2,14,18). The maximum absolute atomic E-state index is 5.79. The van der Waals surface area contributed by atoms with Gasteiger partial charge in [-0.3, -0.25) is 0 Å². The molecule has 1 fully saturated rings. The summed E-state index contributed by atoms with van der Waals surface area (Å²) in [7, 11) is 2.14. The van der Waals surface area contributed by atoms with Crippen LogP contribution in [0.3, 0.4) is 0 Å². The van der Waals surface area contributed by atoms with Crippen molar-refractivity contribution in [3.8, 4) is 5.88 Å². The number of likely N-dealkylation sites (tertiary alicyclic amines) is 1. The molecule has 0 spiro atoms. The monoisotopic (exact) mass is 265 g/mol. The Morgan fingerprint density at radius 1 is 1.61 bits per heavy atom. The molecule has 18 heavy (non-hydrogen) atoms.